The molecule has 0 N–H and O–H groups in total. The Morgan fingerprint density at radius 3 is 2.52 bits per heavy atom. The summed E-state index contributed by atoms with van der Waals surface area (Å²) in [6.07, 6.45) is 1.98. The van der Waals surface area contributed by atoms with E-state index in [1.165, 1.54) is 5.56 Å². The predicted molar refractivity (Wildman–Crippen MR) is 93.1 cm³/mol. The number of aromatic nitrogens is 1. The summed E-state index contributed by atoms with van der Waals surface area (Å²) >= 11 is 0. The first-order valence-electron chi connectivity index (χ1n) is 7.69. The highest BCUT2D eigenvalue weighted by Gasteiger charge is 2.16. The number of benzene rings is 2. The average molecular weight is 305 g/mol. The van der Waals surface area contributed by atoms with Crippen LogP contribution in [0.3, 0.4) is 0 Å². The summed E-state index contributed by atoms with van der Waals surface area (Å²) in [4.78, 5) is 12.0. The standard InChI is InChI=1S/C20H19NO2/c1-3-23-20(22)15(2)18-14-21(13-16-9-5-4-6-10-16)19-12-8-7-11-17(18)19/h4-12,14H,2-3,13H2,1H3. The van der Waals surface area contributed by atoms with Crippen molar-refractivity contribution in [1.29, 1.82) is 0 Å². The molecule has 0 amide bonds. The monoisotopic (exact) mass is 305 g/mol. The van der Waals surface area contributed by atoms with Crippen molar-refractivity contribution in [2.75, 3.05) is 6.61 Å². The minimum absolute atomic E-state index is 0.348. The first-order chi connectivity index (χ1) is 11.2. The zero-order valence-electron chi connectivity index (χ0n) is 13.2. The Labute approximate surface area is 135 Å². The fraction of sp³-hybridized carbons (Fsp3) is 0.150. The zero-order chi connectivity index (χ0) is 16.2. The number of carbonyl (C=O) groups excluding carboxylic acids is 1. The lowest BCUT2D eigenvalue weighted by Gasteiger charge is -2.05. The van der Waals surface area contributed by atoms with Crippen LogP contribution in [0, 0.1) is 0 Å². The summed E-state index contributed by atoms with van der Waals surface area (Å²) in [6, 6.07) is 18.3. The Hall–Kier alpha value is -2.81. The van der Waals surface area contributed by atoms with Crippen LogP contribution in [-0.2, 0) is 16.1 Å². The highest BCUT2D eigenvalue weighted by molar-refractivity contribution is 6.19. The lowest BCUT2D eigenvalue weighted by Crippen LogP contribution is -2.05. The van der Waals surface area contributed by atoms with Crippen molar-refractivity contribution in [1.82, 2.24) is 4.57 Å². The topological polar surface area (TPSA) is 31.2 Å². The molecule has 3 nitrogen and oxygen atoms in total. The fourth-order valence-electron chi connectivity index (χ4n) is 2.73. The van der Waals surface area contributed by atoms with Crippen LogP contribution >= 0.6 is 0 Å². The second kappa shape index (κ2) is 6.53. The number of esters is 1. The molecule has 3 heteroatoms. The van der Waals surface area contributed by atoms with E-state index in [4.69, 9.17) is 4.74 Å². The van der Waals surface area contributed by atoms with Gasteiger partial charge in [-0.3, -0.25) is 0 Å². The van der Waals surface area contributed by atoms with Crippen molar-refractivity contribution in [3.63, 3.8) is 0 Å². The van der Waals surface area contributed by atoms with Crippen LogP contribution in [0.1, 0.15) is 18.1 Å². The quantitative estimate of drug-likeness (QED) is 0.521. The molecule has 0 spiro atoms. The molecule has 0 bridgehead atoms. The third kappa shape index (κ3) is 3.04. The van der Waals surface area contributed by atoms with Gasteiger partial charge in [-0.15, -0.1) is 0 Å². The molecule has 3 rings (SSSR count). The smallest absolute Gasteiger partial charge is 0.338 e. The number of hydrogen-bond donors (Lipinski definition) is 0. The summed E-state index contributed by atoms with van der Waals surface area (Å²) in [5.41, 5.74) is 3.52. The van der Waals surface area contributed by atoms with Gasteiger partial charge in [0, 0.05) is 29.2 Å². The molecule has 1 heterocycles. The largest absolute Gasteiger partial charge is 0.462 e. The van der Waals surface area contributed by atoms with Gasteiger partial charge in [0.05, 0.1) is 12.2 Å². The van der Waals surface area contributed by atoms with E-state index in [1.54, 1.807) is 6.92 Å². The molecule has 0 aliphatic carbocycles. The molecule has 0 fully saturated rings. The highest BCUT2D eigenvalue weighted by Crippen LogP contribution is 2.28. The highest BCUT2D eigenvalue weighted by atomic mass is 16.5. The Morgan fingerprint density at radius 1 is 1.09 bits per heavy atom. The number of carbonyl (C=O) groups is 1. The molecule has 23 heavy (non-hydrogen) atoms. The Balaban J connectivity index is 2.03. The van der Waals surface area contributed by atoms with Gasteiger partial charge in [0.25, 0.3) is 0 Å². The van der Waals surface area contributed by atoms with Crippen LogP contribution in [0.5, 0.6) is 0 Å². The molecule has 0 aliphatic heterocycles. The SMILES string of the molecule is C=C(C(=O)OCC)c1cn(Cc2ccccc2)c2ccccc12. The van der Waals surface area contributed by atoms with Crippen molar-refractivity contribution in [3.8, 4) is 0 Å². The van der Waals surface area contributed by atoms with Crippen LogP contribution in [0.25, 0.3) is 16.5 Å². The minimum atomic E-state index is -0.366. The third-order valence-corrected chi connectivity index (χ3v) is 3.83. The fourth-order valence-corrected chi connectivity index (χ4v) is 2.73. The molecule has 0 atom stereocenters. The molecule has 0 aliphatic rings. The Bertz CT molecular complexity index is 846. The van der Waals surface area contributed by atoms with E-state index >= 15 is 0 Å². The van der Waals surface area contributed by atoms with E-state index in [2.05, 4.69) is 29.3 Å². The molecule has 3 aromatic rings. The Kier molecular flexibility index (Phi) is 4.29. The van der Waals surface area contributed by atoms with Crippen LogP contribution in [0.15, 0.2) is 67.4 Å². The van der Waals surface area contributed by atoms with Crippen LogP contribution in [0.2, 0.25) is 0 Å². The van der Waals surface area contributed by atoms with E-state index in [1.807, 2.05) is 42.6 Å². The van der Waals surface area contributed by atoms with Gasteiger partial charge in [0.15, 0.2) is 0 Å². The maximum atomic E-state index is 12.0. The lowest BCUT2D eigenvalue weighted by molar-refractivity contribution is -0.136. The second-order valence-corrected chi connectivity index (χ2v) is 5.37. The summed E-state index contributed by atoms with van der Waals surface area (Å²) in [7, 11) is 0. The molecule has 0 saturated heterocycles. The first kappa shape index (κ1) is 15.1. The molecule has 0 unspecified atom stereocenters. The van der Waals surface area contributed by atoms with E-state index in [0.29, 0.717) is 12.2 Å². The maximum absolute atomic E-state index is 12.0. The number of fused-ring (bicyclic) bond motifs is 1. The summed E-state index contributed by atoms with van der Waals surface area (Å²) in [5, 5.41) is 1.02. The van der Waals surface area contributed by atoms with Crippen molar-refractivity contribution in [2.45, 2.75) is 13.5 Å². The van der Waals surface area contributed by atoms with Crippen molar-refractivity contribution in [3.05, 3.63) is 78.5 Å². The molecular formula is C20H19NO2. The van der Waals surface area contributed by atoms with Gasteiger partial charge < -0.3 is 9.30 Å². The molecule has 0 radical (unpaired) electrons. The van der Waals surface area contributed by atoms with E-state index in [0.717, 1.165) is 23.0 Å². The van der Waals surface area contributed by atoms with E-state index in [-0.39, 0.29) is 5.97 Å². The van der Waals surface area contributed by atoms with Gasteiger partial charge >= 0.3 is 5.97 Å². The minimum Gasteiger partial charge on any atom is -0.462 e. The third-order valence-electron chi connectivity index (χ3n) is 3.83. The van der Waals surface area contributed by atoms with Gasteiger partial charge in [-0.2, -0.15) is 0 Å². The van der Waals surface area contributed by atoms with E-state index in [9.17, 15) is 4.79 Å². The van der Waals surface area contributed by atoms with Crippen LogP contribution < -0.4 is 0 Å². The number of rotatable bonds is 5. The van der Waals surface area contributed by atoms with Crippen LogP contribution in [0.4, 0.5) is 0 Å². The van der Waals surface area contributed by atoms with Crippen molar-refractivity contribution >= 4 is 22.4 Å². The summed E-state index contributed by atoms with van der Waals surface area (Å²) < 4.78 is 7.23. The summed E-state index contributed by atoms with van der Waals surface area (Å²) in [6.45, 7) is 6.82. The molecule has 1 aromatic heterocycles. The van der Waals surface area contributed by atoms with Crippen molar-refractivity contribution < 1.29 is 9.53 Å². The normalized spacial score (nSPS) is 10.7. The zero-order valence-corrected chi connectivity index (χ0v) is 13.2. The second-order valence-electron chi connectivity index (χ2n) is 5.37. The average Bonchev–Trinajstić information content (AvgIpc) is 2.94. The molecule has 116 valence electrons. The van der Waals surface area contributed by atoms with Crippen molar-refractivity contribution in [2.24, 2.45) is 0 Å². The van der Waals surface area contributed by atoms with Gasteiger partial charge in [-0.1, -0.05) is 55.1 Å². The summed E-state index contributed by atoms with van der Waals surface area (Å²) in [5.74, 6) is -0.366. The van der Waals surface area contributed by atoms with E-state index < -0.39 is 0 Å². The maximum Gasteiger partial charge on any atom is 0.338 e. The lowest BCUT2D eigenvalue weighted by atomic mass is 10.1. The molecule has 2 aromatic carbocycles. The number of nitrogens with zero attached hydrogens (tertiary/aromatic N) is 1. The number of para-hydroxylation sites is 1. The number of ether oxygens (including phenoxy) is 1. The first-order valence-corrected chi connectivity index (χ1v) is 7.69. The Morgan fingerprint density at radius 2 is 1.78 bits per heavy atom. The molecule has 0 saturated carbocycles. The predicted octanol–water partition coefficient (Wildman–Crippen LogP) is 4.27. The van der Waals surface area contributed by atoms with Gasteiger partial charge in [-0.25, -0.2) is 4.79 Å². The van der Waals surface area contributed by atoms with Crippen LogP contribution in [-0.4, -0.2) is 17.1 Å². The van der Waals surface area contributed by atoms with Gasteiger partial charge in [-0.05, 0) is 18.6 Å². The molecular weight excluding hydrogens is 286 g/mol. The van der Waals surface area contributed by atoms with Gasteiger partial charge in [0.1, 0.15) is 0 Å². The van der Waals surface area contributed by atoms with Gasteiger partial charge in [0.2, 0.25) is 0 Å². The number of hydrogen-bond acceptors (Lipinski definition) is 2.